The number of rotatable bonds is 6. The highest BCUT2D eigenvalue weighted by Gasteiger charge is 2.20. The molecule has 232 valence electrons. The normalized spacial score (nSPS) is 11.4. The van der Waals surface area contributed by atoms with Crippen LogP contribution in [0.4, 0.5) is 34.1 Å². The maximum absolute atomic E-state index is 14.2. The second-order valence-electron chi connectivity index (χ2n) is 12.0. The summed E-state index contributed by atoms with van der Waals surface area (Å²) in [7, 11) is 0. The molecule has 0 aliphatic carbocycles. The fraction of sp³-hybridized carbons (Fsp3) is 0. The second-order valence-corrected chi connectivity index (χ2v) is 12.4. The summed E-state index contributed by atoms with van der Waals surface area (Å²) >= 11 is 6.13. The highest BCUT2D eigenvalue weighted by atomic mass is 32.1. The van der Waals surface area contributed by atoms with Gasteiger partial charge in [-0.05, 0) is 84.9 Å². The summed E-state index contributed by atoms with van der Waals surface area (Å²) in [4.78, 5) is 23.1. The third-order valence-corrected chi connectivity index (χ3v) is 9.58. The Morgan fingerprint density at radius 2 is 0.857 bits per heavy atom. The van der Waals surface area contributed by atoms with Gasteiger partial charge in [-0.3, -0.25) is 9.78 Å². The summed E-state index contributed by atoms with van der Waals surface area (Å²) in [5.41, 5.74) is 8.44. The quantitative estimate of drug-likeness (QED) is 0.102. The molecule has 0 N–H and O–H groups in total. The van der Waals surface area contributed by atoms with Crippen LogP contribution < -0.4 is 15.2 Å². The smallest absolute Gasteiger partial charge is 0.198 e. The summed E-state index contributed by atoms with van der Waals surface area (Å²) in [6.45, 7) is 0. The van der Waals surface area contributed by atoms with Crippen molar-refractivity contribution in [1.82, 2.24) is 9.38 Å². The first-order chi connectivity index (χ1) is 24.2. The monoisotopic (exact) mass is 648 g/mol. The number of fused-ring (bicyclic) bond motifs is 4. The molecule has 0 saturated carbocycles. The molecular weight excluding hydrogens is 621 g/mol. The number of hydrogen-bond acceptors (Lipinski definition) is 5. The van der Waals surface area contributed by atoms with E-state index in [-0.39, 0.29) is 5.43 Å². The molecule has 0 fully saturated rings. The van der Waals surface area contributed by atoms with Gasteiger partial charge in [0, 0.05) is 62.7 Å². The maximum Gasteiger partial charge on any atom is 0.198 e. The lowest BCUT2D eigenvalue weighted by atomic mass is 10.0. The molecule has 0 aliphatic rings. The minimum atomic E-state index is -0.0641. The van der Waals surface area contributed by atoms with Gasteiger partial charge in [0.2, 0.25) is 0 Å². The molecule has 0 aliphatic heterocycles. The van der Waals surface area contributed by atoms with Crippen molar-refractivity contribution in [3.05, 3.63) is 185 Å². The number of aromatic nitrogens is 2. The van der Waals surface area contributed by atoms with E-state index in [1.807, 2.05) is 84.9 Å². The van der Waals surface area contributed by atoms with Crippen molar-refractivity contribution in [1.29, 1.82) is 0 Å². The standard InChI is InChI=1S/C43H28N4OS/c48-42-35-23-21-33(45(29-13-5-1-6-14-29)30-15-7-2-8-16-30)25-39(35)47-40-26-34(22-24-36(40)43(49)38-28-44-27-37(42)41(38)47)46(31-17-9-3-10-18-31)32-19-11-4-12-20-32/h1-28H. The van der Waals surface area contributed by atoms with Gasteiger partial charge in [0.1, 0.15) is 0 Å². The zero-order valence-corrected chi connectivity index (χ0v) is 27.1. The third kappa shape index (κ3) is 4.73. The summed E-state index contributed by atoms with van der Waals surface area (Å²) in [6, 6.07) is 53.8. The van der Waals surface area contributed by atoms with Crippen molar-refractivity contribution in [3.8, 4) is 0 Å². The van der Waals surface area contributed by atoms with Gasteiger partial charge in [-0.1, -0.05) is 85.0 Å². The molecule has 0 bridgehead atoms. The van der Waals surface area contributed by atoms with Gasteiger partial charge in [0.05, 0.1) is 26.4 Å². The summed E-state index contributed by atoms with van der Waals surface area (Å²) in [5, 5.41) is 2.86. The van der Waals surface area contributed by atoms with Crippen LogP contribution in [0.1, 0.15) is 0 Å². The zero-order chi connectivity index (χ0) is 32.9. The number of nitrogens with zero attached hydrogens (tertiary/aromatic N) is 4. The molecule has 0 saturated heterocycles. The Morgan fingerprint density at radius 3 is 1.33 bits per heavy atom. The van der Waals surface area contributed by atoms with Crippen LogP contribution in [-0.4, -0.2) is 9.38 Å². The van der Waals surface area contributed by atoms with Crippen LogP contribution >= 0.6 is 12.2 Å². The molecule has 6 heteroatoms. The fourth-order valence-corrected chi connectivity index (χ4v) is 7.28. The predicted octanol–water partition coefficient (Wildman–Crippen LogP) is 11.3. The molecule has 5 nitrogen and oxygen atoms in total. The minimum Gasteiger partial charge on any atom is -0.310 e. The van der Waals surface area contributed by atoms with Crippen LogP contribution in [0.15, 0.2) is 175 Å². The van der Waals surface area contributed by atoms with Gasteiger partial charge in [0.25, 0.3) is 0 Å². The Hall–Kier alpha value is -6.37. The lowest BCUT2D eigenvalue weighted by molar-refractivity contribution is 1.25. The van der Waals surface area contributed by atoms with E-state index in [2.05, 4.69) is 92.0 Å². The van der Waals surface area contributed by atoms with Gasteiger partial charge in [-0.15, -0.1) is 0 Å². The van der Waals surface area contributed by atoms with E-state index in [1.165, 1.54) is 0 Å². The summed E-state index contributed by atoms with van der Waals surface area (Å²) in [5.74, 6) is 0. The van der Waals surface area contributed by atoms with Gasteiger partial charge in [-0.25, -0.2) is 0 Å². The van der Waals surface area contributed by atoms with Gasteiger partial charge in [0.15, 0.2) is 5.43 Å². The zero-order valence-electron chi connectivity index (χ0n) is 26.3. The molecule has 0 amide bonds. The van der Waals surface area contributed by atoms with Crippen LogP contribution in [0, 0.1) is 4.51 Å². The van der Waals surface area contributed by atoms with Crippen molar-refractivity contribution in [2.45, 2.75) is 0 Å². The number of hydrogen-bond donors (Lipinski definition) is 0. The van der Waals surface area contributed by atoms with E-state index >= 15 is 0 Å². The molecule has 6 aromatic carbocycles. The van der Waals surface area contributed by atoms with Crippen LogP contribution in [0.5, 0.6) is 0 Å². The molecule has 49 heavy (non-hydrogen) atoms. The van der Waals surface area contributed by atoms with Crippen molar-refractivity contribution in [2.75, 3.05) is 9.80 Å². The van der Waals surface area contributed by atoms with Gasteiger partial charge in [-0.2, -0.15) is 0 Å². The molecule has 0 unspecified atom stereocenters. The summed E-state index contributed by atoms with van der Waals surface area (Å²) in [6.07, 6.45) is 3.45. The van der Waals surface area contributed by atoms with Crippen molar-refractivity contribution < 1.29 is 0 Å². The van der Waals surface area contributed by atoms with E-state index in [4.69, 9.17) is 12.2 Å². The highest BCUT2D eigenvalue weighted by Crippen LogP contribution is 2.40. The molecule has 9 aromatic rings. The van der Waals surface area contributed by atoms with Crippen molar-refractivity contribution in [3.63, 3.8) is 0 Å². The van der Waals surface area contributed by atoms with Gasteiger partial charge >= 0.3 is 0 Å². The molecule has 0 radical (unpaired) electrons. The number of anilines is 6. The topological polar surface area (TPSA) is 40.9 Å². The number of benzene rings is 6. The predicted molar refractivity (Wildman–Crippen MR) is 205 cm³/mol. The molecule has 3 heterocycles. The lowest BCUT2D eigenvalue weighted by Crippen LogP contribution is -2.13. The van der Waals surface area contributed by atoms with E-state index < -0.39 is 0 Å². The molecule has 9 rings (SSSR count). The second kappa shape index (κ2) is 11.7. The van der Waals surface area contributed by atoms with Crippen LogP contribution in [0.3, 0.4) is 0 Å². The lowest BCUT2D eigenvalue weighted by Gasteiger charge is -2.27. The Balaban J connectivity index is 1.40. The highest BCUT2D eigenvalue weighted by molar-refractivity contribution is 7.72. The average Bonchev–Trinajstić information content (AvgIpc) is 3.16. The summed E-state index contributed by atoms with van der Waals surface area (Å²) < 4.78 is 2.89. The van der Waals surface area contributed by atoms with Crippen LogP contribution in [-0.2, 0) is 0 Å². The van der Waals surface area contributed by atoms with Crippen LogP contribution in [0.25, 0.3) is 38.1 Å². The minimum absolute atomic E-state index is 0.0641. The number of para-hydroxylation sites is 4. The first-order valence-corrected chi connectivity index (χ1v) is 16.5. The van der Waals surface area contributed by atoms with Gasteiger partial charge < -0.3 is 14.2 Å². The van der Waals surface area contributed by atoms with E-state index in [1.54, 1.807) is 12.4 Å². The Bertz CT molecular complexity index is 2490. The largest absolute Gasteiger partial charge is 0.310 e. The van der Waals surface area contributed by atoms with Crippen LogP contribution in [0.2, 0.25) is 0 Å². The molecule has 0 spiro atoms. The van der Waals surface area contributed by atoms with Crippen molar-refractivity contribution >= 4 is 84.4 Å². The maximum atomic E-state index is 14.2. The third-order valence-electron chi connectivity index (χ3n) is 9.14. The molecule has 3 aromatic heterocycles. The van der Waals surface area contributed by atoms with E-state index in [0.29, 0.717) is 15.3 Å². The Morgan fingerprint density at radius 1 is 0.449 bits per heavy atom. The first kappa shape index (κ1) is 28.8. The fourth-order valence-electron chi connectivity index (χ4n) is 6.96. The Labute approximate surface area is 287 Å². The number of pyridine rings is 3. The molecular formula is C43H28N4OS. The molecule has 0 atom stereocenters. The van der Waals surface area contributed by atoms with E-state index in [9.17, 15) is 4.79 Å². The van der Waals surface area contributed by atoms with E-state index in [0.717, 1.165) is 61.4 Å². The Kier molecular flexibility index (Phi) is 6.88. The SMILES string of the molecule is O=c1c2ccc(N(c3ccccc3)c3ccccc3)cc2n2c3cc(N(c4ccccc4)c4ccccc4)ccc3c(=S)c3cncc1c32. The van der Waals surface area contributed by atoms with Crippen molar-refractivity contribution in [2.24, 2.45) is 0 Å². The average molecular weight is 649 g/mol. The first-order valence-electron chi connectivity index (χ1n) is 16.1.